The van der Waals surface area contributed by atoms with E-state index in [1.54, 1.807) is 28.2 Å². The average Bonchev–Trinajstić information content (AvgIpc) is 3.25. The molecule has 4 heteroatoms. The number of benzene rings is 4. The molecule has 3 nitrogen and oxygen atoms in total. The third kappa shape index (κ3) is 2.31. The summed E-state index contributed by atoms with van der Waals surface area (Å²) in [5.41, 5.74) is 5.77. The summed E-state index contributed by atoms with van der Waals surface area (Å²) < 4.78 is 29.5. The molecule has 1 aliphatic rings. The summed E-state index contributed by atoms with van der Waals surface area (Å²) in [5.74, 6) is 0. The van der Waals surface area contributed by atoms with Crippen LogP contribution in [-0.2, 0) is 15.4 Å². The maximum absolute atomic E-state index is 14.0. The van der Waals surface area contributed by atoms with E-state index in [1.807, 2.05) is 36.4 Å². The van der Waals surface area contributed by atoms with Gasteiger partial charge in [0.25, 0.3) is 10.0 Å². The molecule has 0 unspecified atom stereocenters. The molecule has 0 radical (unpaired) electrons. The predicted molar refractivity (Wildman–Crippen MR) is 126 cm³/mol. The second-order valence-electron chi connectivity index (χ2n) is 8.65. The maximum Gasteiger partial charge on any atom is 0.268 e. The Bertz CT molecular complexity index is 1610. The van der Waals surface area contributed by atoms with E-state index in [2.05, 4.69) is 44.2 Å². The Morgan fingerprint density at radius 1 is 0.677 bits per heavy atom. The fourth-order valence-corrected chi connectivity index (χ4v) is 6.78. The lowest BCUT2D eigenvalue weighted by atomic mass is 9.81. The van der Waals surface area contributed by atoms with Crippen molar-refractivity contribution in [3.63, 3.8) is 0 Å². The van der Waals surface area contributed by atoms with Crippen LogP contribution < -0.4 is 0 Å². The topological polar surface area (TPSA) is 39.1 Å². The zero-order valence-corrected chi connectivity index (χ0v) is 18.1. The average molecular weight is 424 g/mol. The Hall–Kier alpha value is -3.37. The monoisotopic (exact) mass is 423 g/mol. The van der Waals surface area contributed by atoms with E-state index < -0.39 is 10.0 Å². The number of para-hydroxylation sites is 1. The van der Waals surface area contributed by atoms with Gasteiger partial charge in [-0.2, -0.15) is 0 Å². The van der Waals surface area contributed by atoms with Crippen LogP contribution in [0.2, 0.25) is 0 Å². The number of hydrogen-bond donors (Lipinski definition) is 0. The Balaban J connectivity index is 1.84. The molecular weight excluding hydrogens is 402 g/mol. The van der Waals surface area contributed by atoms with Crippen molar-refractivity contribution in [2.45, 2.75) is 24.2 Å². The van der Waals surface area contributed by atoms with E-state index in [4.69, 9.17) is 0 Å². The van der Waals surface area contributed by atoms with Crippen molar-refractivity contribution < 1.29 is 8.42 Å². The van der Waals surface area contributed by atoms with E-state index in [9.17, 15) is 8.42 Å². The summed E-state index contributed by atoms with van der Waals surface area (Å²) in [6.45, 7) is 4.38. The van der Waals surface area contributed by atoms with Crippen LogP contribution in [0.25, 0.3) is 32.9 Å². The van der Waals surface area contributed by atoms with Crippen molar-refractivity contribution in [1.29, 1.82) is 0 Å². The van der Waals surface area contributed by atoms with Gasteiger partial charge in [-0.1, -0.05) is 86.6 Å². The van der Waals surface area contributed by atoms with Gasteiger partial charge >= 0.3 is 0 Å². The van der Waals surface area contributed by atoms with Crippen molar-refractivity contribution in [3.05, 3.63) is 102 Å². The van der Waals surface area contributed by atoms with Crippen LogP contribution in [0.15, 0.2) is 95.9 Å². The van der Waals surface area contributed by atoms with E-state index in [1.165, 1.54) is 11.1 Å². The fraction of sp³-hybridized carbons (Fsp3) is 0.111. The van der Waals surface area contributed by atoms with Gasteiger partial charge in [-0.05, 0) is 40.5 Å². The van der Waals surface area contributed by atoms with Crippen LogP contribution >= 0.6 is 0 Å². The van der Waals surface area contributed by atoms with Crippen LogP contribution in [0.3, 0.4) is 0 Å². The molecule has 0 amide bonds. The third-order valence-electron chi connectivity index (χ3n) is 6.59. The second kappa shape index (κ2) is 6.08. The molecule has 0 saturated carbocycles. The number of nitrogens with zero attached hydrogens (tertiary/aromatic N) is 1. The number of hydrogen-bond acceptors (Lipinski definition) is 2. The molecule has 1 heterocycles. The summed E-state index contributed by atoms with van der Waals surface area (Å²) in [7, 11) is -3.79. The fourth-order valence-electron chi connectivity index (χ4n) is 5.22. The Labute approximate surface area is 181 Å². The molecule has 0 aliphatic heterocycles. The molecule has 4 aromatic carbocycles. The van der Waals surface area contributed by atoms with E-state index in [0.717, 1.165) is 27.4 Å². The van der Waals surface area contributed by atoms with Crippen LogP contribution in [0.1, 0.15) is 25.0 Å². The highest BCUT2D eigenvalue weighted by Gasteiger charge is 2.39. The van der Waals surface area contributed by atoms with Crippen molar-refractivity contribution in [2.75, 3.05) is 0 Å². The minimum atomic E-state index is -3.79. The minimum absolute atomic E-state index is 0.295. The van der Waals surface area contributed by atoms with Crippen molar-refractivity contribution in [1.82, 2.24) is 3.97 Å². The van der Waals surface area contributed by atoms with Gasteiger partial charge < -0.3 is 0 Å². The Morgan fingerprint density at radius 3 is 2.16 bits per heavy atom. The second-order valence-corrected chi connectivity index (χ2v) is 10.4. The standard InChI is InChI=1S/C27H21NO2S/c1-27(2)23-14-8-6-12-19(23)21-16-17-22-20-13-7-9-15-24(20)28(26(22)25(21)27)31(29,30)18-10-4-3-5-11-18/h3-17H,1-2H3. The first-order valence-corrected chi connectivity index (χ1v) is 11.8. The molecule has 0 spiro atoms. The molecule has 6 rings (SSSR count). The first kappa shape index (κ1) is 18.4. The van der Waals surface area contributed by atoms with E-state index in [-0.39, 0.29) is 5.41 Å². The number of aromatic nitrogens is 1. The molecule has 0 saturated heterocycles. The zero-order chi connectivity index (χ0) is 21.4. The molecule has 5 aromatic rings. The van der Waals surface area contributed by atoms with Gasteiger partial charge in [0.05, 0.1) is 15.9 Å². The largest absolute Gasteiger partial charge is 0.268 e. The molecule has 1 aromatic heterocycles. The van der Waals surface area contributed by atoms with Crippen molar-refractivity contribution in [2.24, 2.45) is 0 Å². The number of fused-ring (bicyclic) bond motifs is 7. The highest BCUT2D eigenvalue weighted by atomic mass is 32.2. The molecule has 152 valence electrons. The summed E-state index contributed by atoms with van der Waals surface area (Å²) in [6.07, 6.45) is 0. The van der Waals surface area contributed by atoms with Crippen LogP contribution in [0.5, 0.6) is 0 Å². The van der Waals surface area contributed by atoms with Crippen LogP contribution in [0, 0.1) is 0 Å². The number of rotatable bonds is 2. The highest BCUT2D eigenvalue weighted by Crippen LogP contribution is 2.52. The van der Waals surface area contributed by atoms with Crippen LogP contribution in [-0.4, -0.2) is 12.4 Å². The molecule has 0 N–H and O–H groups in total. The lowest BCUT2D eigenvalue weighted by Gasteiger charge is -2.23. The van der Waals surface area contributed by atoms with E-state index >= 15 is 0 Å². The molecular formula is C27H21NO2S. The lowest BCUT2D eigenvalue weighted by Crippen LogP contribution is -2.19. The van der Waals surface area contributed by atoms with E-state index in [0.29, 0.717) is 10.4 Å². The Morgan fingerprint density at radius 2 is 1.35 bits per heavy atom. The van der Waals surface area contributed by atoms with Gasteiger partial charge in [0.2, 0.25) is 0 Å². The summed E-state index contributed by atoms with van der Waals surface area (Å²) in [6, 6.07) is 29.1. The van der Waals surface area contributed by atoms with Crippen LogP contribution in [0.4, 0.5) is 0 Å². The lowest BCUT2D eigenvalue weighted by molar-refractivity contribution is 0.590. The smallest absolute Gasteiger partial charge is 0.233 e. The highest BCUT2D eigenvalue weighted by molar-refractivity contribution is 7.90. The minimum Gasteiger partial charge on any atom is -0.233 e. The van der Waals surface area contributed by atoms with Gasteiger partial charge in [-0.15, -0.1) is 0 Å². The van der Waals surface area contributed by atoms with Gasteiger partial charge in [0.15, 0.2) is 0 Å². The summed E-state index contributed by atoms with van der Waals surface area (Å²) in [5, 5.41) is 1.92. The third-order valence-corrected chi connectivity index (χ3v) is 8.32. The Kier molecular flexibility index (Phi) is 3.61. The SMILES string of the molecule is CC1(C)c2ccccc2-c2ccc3c4ccccc4n(S(=O)(=O)c4ccccc4)c3c21. The molecule has 0 bridgehead atoms. The molecule has 31 heavy (non-hydrogen) atoms. The molecule has 0 atom stereocenters. The first-order valence-electron chi connectivity index (χ1n) is 10.4. The summed E-state index contributed by atoms with van der Waals surface area (Å²) in [4.78, 5) is 0.295. The predicted octanol–water partition coefficient (Wildman–Crippen LogP) is 6.34. The summed E-state index contributed by atoms with van der Waals surface area (Å²) >= 11 is 0. The zero-order valence-electron chi connectivity index (χ0n) is 17.3. The normalized spacial score (nSPS) is 14.6. The van der Waals surface area contributed by atoms with Crippen molar-refractivity contribution in [3.8, 4) is 11.1 Å². The first-order chi connectivity index (χ1) is 14.9. The maximum atomic E-state index is 14.0. The van der Waals surface area contributed by atoms with Gasteiger partial charge in [-0.25, -0.2) is 12.4 Å². The quantitative estimate of drug-likeness (QED) is 0.332. The van der Waals surface area contributed by atoms with Gasteiger partial charge in [-0.3, -0.25) is 0 Å². The van der Waals surface area contributed by atoms with Crippen molar-refractivity contribution >= 4 is 31.8 Å². The van der Waals surface area contributed by atoms with Gasteiger partial charge in [0.1, 0.15) is 0 Å². The molecule has 1 aliphatic carbocycles. The van der Waals surface area contributed by atoms with Gasteiger partial charge in [0, 0.05) is 16.2 Å². The molecule has 0 fully saturated rings.